The molecule has 1 aliphatic rings. The first-order chi connectivity index (χ1) is 11.9. The van der Waals surface area contributed by atoms with Crippen LogP contribution in [0.25, 0.3) is 0 Å². The van der Waals surface area contributed by atoms with Gasteiger partial charge in [-0.2, -0.15) is 0 Å². The van der Waals surface area contributed by atoms with E-state index in [4.69, 9.17) is 9.88 Å². The first-order valence-electron chi connectivity index (χ1n) is 8.19. The van der Waals surface area contributed by atoms with E-state index in [1.165, 1.54) is 18.2 Å². The molecule has 0 aliphatic carbocycles. The topological polar surface area (TPSA) is 72.6 Å². The Morgan fingerprint density at radius 2 is 1.96 bits per heavy atom. The fraction of sp³-hybridized carbons (Fsp3) is 0.333. The van der Waals surface area contributed by atoms with Gasteiger partial charge in [-0.25, -0.2) is 17.9 Å². The van der Waals surface area contributed by atoms with Crippen LogP contribution >= 0.6 is 0 Å². The van der Waals surface area contributed by atoms with E-state index in [-0.39, 0.29) is 16.8 Å². The fourth-order valence-electron chi connectivity index (χ4n) is 3.19. The van der Waals surface area contributed by atoms with Crippen LogP contribution in [0.3, 0.4) is 0 Å². The summed E-state index contributed by atoms with van der Waals surface area (Å²) in [6, 6.07) is 13.0. The highest BCUT2D eigenvalue weighted by Gasteiger charge is 2.25. The number of ether oxygens (including phenoxy) is 1. The Kier molecular flexibility index (Phi) is 5.36. The van der Waals surface area contributed by atoms with Crippen LogP contribution in [0.2, 0.25) is 0 Å². The average Bonchev–Trinajstić information content (AvgIpc) is 3.03. The van der Waals surface area contributed by atoms with Crippen LogP contribution in [0.15, 0.2) is 53.4 Å². The molecule has 5 nitrogen and oxygen atoms in total. The molecule has 1 heterocycles. The van der Waals surface area contributed by atoms with Crippen molar-refractivity contribution in [3.05, 3.63) is 59.9 Å². The second kappa shape index (κ2) is 7.51. The summed E-state index contributed by atoms with van der Waals surface area (Å²) in [5, 5.41) is 5.07. The van der Waals surface area contributed by atoms with Crippen molar-refractivity contribution in [1.29, 1.82) is 0 Å². The summed E-state index contributed by atoms with van der Waals surface area (Å²) in [5.41, 5.74) is 0.995. The van der Waals surface area contributed by atoms with E-state index in [9.17, 15) is 12.8 Å². The number of nitrogens with zero attached hydrogens (tertiary/aromatic N) is 1. The zero-order chi connectivity index (χ0) is 17.9. The van der Waals surface area contributed by atoms with Crippen LogP contribution in [0.5, 0.6) is 5.75 Å². The number of primary sulfonamides is 1. The van der Waals surface area contributed by atoms with Crippen LogP contribution in [-0.4, -0.2) is 33.0 Å². The Morgan fingerprint density at radius 3 is 2.64 bits per heavy atom. The molecule has 0 unspecified atom stereocenters. The number of sulfonamides is 1. The number of benzene rings is 2. The molecule has 2 N–H and O–H groups in total. The largest absolute Gasteiger partial charge is 0.492 e. The molecule has 0 saturated carbocycles. The Labute approximate surface area is 147 Å². The standard InChI is InChI=1S/C18H21FN2O3S/c19-15-4-1-3-14(13-15)18-5-2-10-21(18)11-12-24-16-6-8-17(9-7-16)25(20,22)23/h1,3-4,6-9,13,18H,2,5,10-12H2,(H2,20,22,23)/t18-/m1/s1. The Balaban J connectivity index is 1.56. The maximum Gasteiger partial charge on any atom is 0.238 e. The summed E-state index contributed by atoms with van der Waals surface area (Å²) < 4.78 is 41.6. The maximum atomic E-state index is 13.4. The summed E-state index contributed by atoms with van der Waals surface area (Å²) in [5.74, 6) is 0.379. The Hall–Kier alpha value is -1.96. The average molecular weight is 364 g/mol. The molecule has 2 aromatic carbocycles. The monoisotopic (exact) mass is 364 g/mol. The zero-order valence-corrected chi connectivity index (χ0v) is 14.6. The number of likely N-dealkylation sites (tertiary alicyclic amines) is 1. The summed E-state index contributed by atoms with van der Waals surface area (Å²) in [4.78, 5) is 2.35. The molecule has 3 rings (SSSR count). The Morgan fingerprint density at radius 1 is 1.20 bits per heavy atom. The van der Waals surface area contributed by atoms with Crippen LogP contribution in [0.1, 0.15) is 24.4 Å². The predicted molar refractivity (Wildman–Crippen MR) is 93.3 cm³/mol. The van der Waals surface area contributed by atoms with Crippen LogP contribution in [-0.2, 0) is 10.0 Å². The fourth-order valence-corrected chi connectivity index (χ4v) is 3.71. The summed E-state index contributed by atoms with van der Waals surface area (Å²) in [7, 11) is -3.69. The minimum Gasteiger partial charge on any atom is -0.492 e. The first kappa shape index (κ1) is 17.8. The summed E-state index contributed by atoms with van der Waals surface area (Å²) >= 11 is 0. The van der Waals surface area contributed by atoms with Crippen molar-refractivity contribution < 1.29 is 17.5 Å². The third-order valence-electron chi connectivity index (χ3n) is 4.40. The number of hydrogen-bond donors (Lipinski definition) is 1. The molecule has 2 aromatic rings. The number of halogens is 1. The summed E-state index contributed by atoms with van der Waals surface area (Å²) in [6.07, 6.45) is 2.08. The first-order valence-corrected chi connectivity index (χ1v) is 9.73. The molecule has 1 fully saturated rings. The molecular formula is C18H21FN2O3S. The number of hydrogen-bond acceptors (Lipinski definition) is 4. The van der Waals surface area contributed by atoms with E-state index < -0.39 is 10.0 Å². The van der Waals surface area contributed by atoms with Gasteiger partial charge in [0.15, 0.2) is 0 Å². The van der Waals surface area contributed by atoms with Gasteiger partial charge in [0.05, 0.1) is 4.90 Å². The van der Waals surface area contributed by atoms with Gasteiger partial charge in [-0.15, -0.1) is 0 Å². The lowest BCUT2D eigenvalue weighted by Crippen LogP contribution is -2.28. The highest BCUT2D eigenvalue weighted by molar-refractivity contribution is 7.89. The lowest BCUT2D eigenvalue weighted by Gasteiger charge is -2.24. The zero-order valence-electron chi connectivity index (χ0n) is 13.8. The molecule has 0 radical (unpaired) electrons. The third kappa shape index (κ3) is 4.56. The van der Waals surface area contributed by atoms with Gasteiger partial charge < -0.3 is 4.74 Å². The SMILES string of the molecule is NS(=O)(=O)c1ccc(OCCN2CCC[C@@H]2c2cccc(F)c2)cc1. The number of rotatable bonds is 6. The van der Waals surface area contributed by atoms with Gasteiger partial charge in [-0.05, 0) is 61.3 Å². The normalized spacial score (nSPS) is 18.4. The van der Waals surface area contributed by atoms with Gasteiger partial charge in [-0.3, -0.25) is 4.90 Å². The minimum atomic E-state index is -3.69. The molecule has 1 atom stereocenters. The van der Waals surface area contributed by atoms with E-state index in [1.807, 2.05) is 6.07 Å². The molecule has 134 valence electrons. The van der Waals surface area contributed by atoms with E-state index in [0.717, 1.165) is 31.5 Å². The van der Waals surface area contributed by atoms with Crippen LogP contribution in [0, 0.1) is 5.82 Å². The van der Waals surface area contributed by atoms with Crippen molar-refractivity contribution in [3.8, 4) is 5.75 Å². The van der Waals surface area contributed by atoms with Crippen molar-refractivity contribution in [2.24, 2.45) is 5.14 Å². The highest BCUT2D eigenvalue weighted by atomic mass is 32.2. The molecule has 0 amide bonds. The van der Waals surface area contributed by atoms with Gasteiger partial charge in [0.2, 0.25) is 10.0 Å². The van der Waals surface area contributed by atoms with Crippen molar-refractivity contribution in [3.63, 3.8) is 0 Å². The quantitative estimate of drug-likeness (QED) is 0.855. The van der Waals surface area contributed by atoms with Gasteiger partial charge in [-0.1, -0.05) is 12.1 Å². The van der Waals surface area contributed by atoms with E-state index >= 15 is 0 Å². The second-order valence-corrected chi connectivity index (χ2v) is 7.68. The van der Waals surface area contributed by atoms with Gasteiger partial charge in [0.25, 0.3) is 0 Å². The van der Waals surface area contributed by atoms with Crippen molar-refractivity contribution >= 4 is 10.0 Å². The highest BCUT2D eigenvalue weighted by Crippen LogP contribution is 2.31. The van der Waals surface area contributed by atoms with Crippen molar-refractivity contribution in [1.82, 2.24) is 4.90 Å². The lowest BCUT2D eigenvalue weighted by atomic mass is 10.0. The van der Waals surface area contributed by atoms with E-state index in [1.54, 1.807) is 24.3 Å². The van der Waals surface area contributed by atoms with Gasteiger partial charge >= 0.3 is 0 Å². The molecule has 0 aromatic heterocycles. The third-order valence-corrected chi connectivity index (χ3v) is 5.33. The summed E-state index contributed by atoms with van der Waals surface area (Å²) in [6.45, 7) is 2.15. The molecule has 1 aliphatic heterocycles. The van der Waals surface area contributed by atoms with Crippen molar-refractivity contribution in [2.45, 2.75) is 23.8 Å². The molecule has 0 bridgehead atoms. The van der Waals surface area contributed by atoms with Gasteiger partial charge in [0.1, 0.15) is 18.2 Å². The molecule has 0 spiro atoms. The molecule has 7 heteroatoms. The van der Waals surface area contributed by atoms with Crippen LogP contribution in [0.4, 0.5) is 4.39 Å². The maximum absolute atomic E-state index is 13.4. The van der Waals surface area contributed by atoms with E-state index in [0.29, 0.717) is 12.4 Å². The van der Waals surface area contributed by atoms with Crippen molar-refractivity contribution in [2.75, 3.05) is 19.7 Å². The lowest BCUT2D eigenvalue weighted by molar-refractivity contribution is 0.197. The molecular weight excluding hydrogens is 343 g/mol. The second-order valence-electron chi connectivity index (χ2n) is 6.11. The van der Waals surface area contributed by atoms with E-state index in [2.05, 4.69) is 4.90 Å². The Bertz CT molecular complexity index is 824. The number of nitrogens with two attached hydrogens (primary N) is 1. The molecule has 1 saturated heterocycles. The molecule has 25 heavy (non-hydrogen) atoms. The van der Waals surface area contributed by atoms with Crippen LogP contribution < -0.4 is 9.88 Å². The van der Waals surface area contributed by atoms with Gasteiger partial charge in [0, 0.05) is 12.6 Å². The smallest absolute Gasteiger partial charge is 0.238 e. The predicted octanol–water partition coefficient (Wildman–Crippen LogP) is 2.69. The minimum absolute atomic E-state index is 0.0607.